The van der Waals surface area contributed by atoms with Crippen molar-refractivity contribution in [3.8, 4) is 0 Å². The van der Waals surface area contributed by atoms with Crippen molar-refractivity contribution in [2.45, 2.75) is 51.0 Å². The Bertz CT molecular complexity index is 1090. The number of pyridine rings is 1. The molecule has 0 unspecified atom stereocenters. The van der Waals surface area contributed by atoms with Gasteiger partial charge in [0, 0.05) is 25.2 Å². The van der Waals surface area contributed by atoms with Crippen molar-refractivity contribution in [2.24, 2.45) is 10.9 Å². The summed E-state index contributed by atoms with van der Waals surface area (Å²) in [5, 5.41) is 12.5. The number of carbonyl (C=O) groups excluding carboxylic acids is 1. The molecule has 156 valence electrons. The monoisotopic (exact) mass is 405 g/mol. The molecule has 1 saturated heterocycles. The van der Waals surface area contributed by atoms with Crippen LogP contribution in [0.2, 0.25) is 0 Å². The van der Waals surface area contributed by atoms with E-state index in [0.717, 1.165) is 55.7 Å². The predicted molar refractivity (Wildman–Crippen MR) is 113 cm³/mol. The number of piperidine rings is 1. The third-order valence-electron chi connectivity index (χ3n) is 6.28. The largest absolute Gasteiger partial charge is 0.355 e. The molecule has 2 aliphatic rings. The Labute approximate surface area is 175 Å². The molecule has 0 amide bonds. The summed E-state index contributed by atoms with van der Waals surface area (Å²) in [6.07, 6.45) is 11.1. The van der Waals surface area contributed by atoms with Crippen LogP contribution in [-0.4, -0.2) is 49.4 Å². The lowest BCUT2D eigenvalue weighted by Gasteiger charge is -2.32. The second-order valence-electron chi connectivity index (χ2n) is 8.27. The van der Waals surface area contributed by atoms with Crippen molar-refractivity contribution in [3.05, 3.63) is 48.3 Å². The molecule has 0 N–H and O–H groups in total. The summed E-state index contributed by atoms with van der Waals surface area (Å²) < 4.78 is 3.46. The van der Waals surface area contributed by atoms with Crippen LogP contribution in [0.15, 0.2) is 47.8 Å². The minimum atomic E-state index is 0.00704. The molecule has 0 spiro atoms. The summed E-state index contributed by atoms with van der Waals surface area (Å²) in [5.41, 5.74) is 1.54. The van der Waals surface area contributed by atoms with Crippen LogP contribution in [0.1, 0.15) is 49.7 Å². The van der Waals surface area contributed by atoms with E-state index < -0.39 is 0 Å². The normalized spacial score (nSPS) is 19.5. The standard InChI is InChI=1S/C22H27N7O/c30-22(28-13-5-4-8-19(28)24-18-6-2-1-3-7-18)17-11-14-27(15-12-17)21-10-9-20-25-23-16-29(20)26-21/h4-5,8-10,13,16-18H,1-3,6-7,11-12,14-15H2. The molecule has 1 aliphatic carbocycles. The van der Waals surface area contributed by atoms with Crippen molar-refractivity contribution < 1.29 is 4.79 Å². The molecule has 1 aliphatic heterocycles. The topological polar surface area (TPSA) is 80.7 Å². The lowest BCUT2D eigenvalue weighted by Crippen LogP contribution is -2.41. The first-order valence-corrected chi connectivity index (χ1v) is 11.0. The van der Waals surface area contributed by atoms with Gasteiger partial charge in [-0.3, -0.25) is 14.4 Å². The highest BCUT2D eigenvalue weighted by Gasteiger charge is 2.27. The number of fused-ring (bicyclic) bond motifs is 1. The highest BCUT2D eigenvalue weighted by molar-refractivity contribution is 5.81. The van der Waals surface area contributed by atoms with Crippen molar-refractivity contribution in [2.75, 3.05) is 18.0 Å². The first-order valence-electron chi connectivity index (χ1n) is 11.0. The number of rotatable bonds is 3. The Kier molecular flexibility index (Phi) is 5.29. The van der Waals surface area contributed by atoms with Gasteiger partial charge in [0.25, 0.3) is 0 Å². The fraction of sp³-hybridized carbons (Fsp3) is 0.500. The van der Waals surface area contributed by atoms with Crippen LogP contribution in [0.4, 0.5) is 5.82 Å². The molecule has 4 heterocycles. The van der Waals surface area contributed by atoms with E-state index in [2.05, 4.69) is 20.2 Å². The van der Waals surface area contributed by atoms with Gasteiger partial charge in [-0.25, -0.2) is 0 Å². The number of hydrogen-bond donors (Lipinski definition) is 0. The molecular formula is C22H27N7O. The summed E-state index contributed by atoms with van der Waals surface area (Å²) in [7, 11) is 0. The van der Waals surface area contributed by atoms with E-state index in [0.29, 0.717) is 6.04 Å². The fourth-order valence-corrected chi connectivity index (χ4v) is 4.56. The number of hydrogen-bond acceptors (Lipinski definition) is 6. The van der Waals surface area contributed by atoms with E-state index in [4.69, 9.17) is 4.99 Å². The molecular weight excluding hydrogens is 378 g/mol. The van der Waals surface area contributed by atoms with Gasteiger partial charge in [-0.1, -0.05) is 25.3 Å². The lowest BCUT2D eigenvalue weighted by atomic mass is 9.95. The number of nitrogens with zero attached hydrogens (tertiary/aromatic N) is 7. The van der Waals surface area contributed by atoms with Crippen LogP contribution in [0.25, 0.3) is 5.65 Å². The molecule has 8 nitrogen and oxygen atoms in total. The Hall–Kier alpha value is -3.03. The summed E-state index contributed by atoms with van der Waals surface area (Å²) in [4.78, 5) is 20.4. The van der Waals surface area contributed by atoms with Crippen LogP contribution in [0, 0.1) is 5.92 Å². The van der Waals surface area contributed by atoms with E-state index >= 15 is 0 Å². The molecule has 0 aromatic carbocycles. The summed E-state index contributed by atoms with van der Waals surface area (Å²) in [6.45, 7) is 1.61. The zero-order valence-corrected chi connectivity index (χ0v) is 17.1. The minimum Gasteiger partial charge on any atom is -0.355 e. The zero-order chi connectivity index (χ0) is 20.3. The lowest BCUT2D eigenvalue weighted by molar-refractivity contribution is 0.0806. The minimum absolute atomic E-state index is 0.00704. The SMILES string of the molecule is O=C(C1CCN(c2ccc3nncn3n2)CC1)n1ccccc1=NC1CCCCC1. The van der Waals surface area contributed by atoms with Crippen LogP contribution >= 0.6 is 0 Å². The van der Waals surface area contributed by atoms with E-state index in [-0.39, 0.29) is 11.8 Å². The average Bonchev–Trinajstić information content (AvgIpc) is 3.28. The third kappa shape index (κ3) is 3.86. The van der Waals surface area contributed by atoms with Gasteiger partial charge in [0.15, 0.2) is 5.65 Å². The molecule has 5 rings (SSSR count). The second-order valence-corrected chi connectivity index (χ2v) is 8.27. The second kappa shape index (κ2) is 8.38. The maximum absolute atomic E-state index is 13.3. The molecule has 3 aromatic rings. The van der Waals surface area contributed by atoms with E-state index in [9.17, 15) is 4.79 Å². The molecule has 30 heavy (non-hydrogen) atoms. The highest BCUT2D eigenvalue weighted by Crippen LogP contribution is 2.23. The van der Waals surface area contributed by atoms with Gasteiger partial charge in [0.05, 0.1) is 6.04 Å². The number of carbonyl (C=O) groups is 1. The first-order chi connectivity index (χ1) is 14.8. The van der Waals surface area contributed by atoms with Crippen molar-refractivity contribution in [1.82, 2.24) is 24.4 Å². The Balaban J connectivity index is 1.29. The Morgan fingerprint density at radius 3 is 2.67 bits per heavy atom. The van der Waals surface area contributed by atoms with Crippen LogP contribution in [-0.2, 0) is 0 Å². The van der Waals surface area contributed by atoms with Gasteiger partial charge in [0.1, 0.15) is 17.6 Å². The molecule has 0 radical (unpaired) electrons. The molecule has 0 atom stereocenters. The summed E-state index contributed by atoms with van der Waals surface area (Å²) >= 11 is 0. The van der Waals surface area contributed by atoms with Crippen LogP contribution < -0.4 is 10.4 Å². The molecule has 8 heteroatoms. The van der Waals surface area contributed by atoms with Crippen LogP contribution in [0.3, 0.4) is 0 Å². The van der Waals surface area contributed by atoms with Gasteiger partial charge in [-0.15, -0.1) is 15.3 Å². The van der Waals surface area contributed by atoms with Crippen molar-refractivity contribution in [1.29, 1.82) is 0 Å². The fourth-order valence-electron chi connectivity index (χ4n) is 4.56. The number of aromatic nitrogens is 5. The quantitative estimate of drug-likeness (QED) is 0.669. The predicted octanol–water partition coefficient (Wildman–Crippen LogP) is 2.72. The van der Waals surface area contributed by atoms with Crippen molar-refractivity contribution in [3.63, 3.8) is 0 Å². The van der Waals surface area contributed by atoms with Crippen molar-refractivity contribution >= 4 is 17.4 Å². The highest BCUT2D eigenvalue weighted by atomic mass is 16.2. The first kappa shape index (κ1) is 19.0. The van der Waals surface area contributed by atoms with Gasteiger partial charge in [0.2, 0.25) is 5.91 Å². The Morgan fingerprint density at radius 2 is 1.83 bits per heavy atom. The van der Waals surface area contributed by atoms with E-state index in [1.165, 1.54) is 19.3 Å². The smallest absolute Gasteiger partial charge is 0.235 e. The molecule has 1 saturated carbocycles. The summed E-state index contributed by atoms with van der Waals surface area (Å²) in [6, 6.07) is 10.1. The van der Waals surface area contributed by atoms with E-state index in [1.54, 1.807) is 15.4 Å². The van der Waals surface area contributed by atoms with Gasteiger partial charge >= 0.3 is 0 Å². The van der Waals surface area contributed by atoms with Gasteiger partial charge < -0.3 is 4.90 Å². The zero-order valence-electron chi connectivity index (χ0n) is 17.1. The van der Waals surface area contributed by atoms with Crippen LogP contribution in [0.5, 0.6) is 0 Å². The van der Waals surface area contributed by atoms with E-state index in [1.807, 2.05) is 36.5 Å². The molecule has 3 aromatic heterocycles. The number of anilines is 1. The maximum atomic E-state index is 13.3. The third-order valence-corrected chi connectivity index (χ3v) is 6.28. The molecule has 2 fully saturated rings. The maximum Gasteiger partial charge on any atom is 0.235 e. The Morgan fingerprint density at radius 1 is 1.00 bits per heavy atom. The van der Waals surface area contributed by atoms with Gasteiger partial charge in [-0.05, 0) is 49.9 Å². The summed E-state index contributed by atoms with van der Waals surface area (Å²) in [5.74, 6) is 1.06. The molecule has 0 bridgehead atoms. The average molecular weight is 406 g/mol. The van der Waals surface area contributed by atoms with Gasteiger partial charge in [-0.2, -0.15) is 4.52 Å².